The van der Waals surface area contributed by atoms with Gasteiger partial charge < -0.3 is 9.84 Å². The number of aldehydes is 1. The topological polar surface area (TPSA) is 46.5 Å². The summed E-state index contributed by atoms with van der Waals surface area (Å²) in [5.74, 6) is 0.417. The van der Waals surface area contributed by atoms with Gasteiger partial charge in [0, 0.05) is 11.1 Å². The summed E-state index contributed by atoms with van der Waals surface area (Å²) < 4.78 is 4.91. The van der Waals surface area contributed by atoms with Gasteiger partial charge in [0.25, 0.3) is 0 Å². The van der Waals surface area contributed by atoms with Crippen molar-refractivity contribution >= 4 is 6.29 Å². The maximum atomic E-state index is 10.5. The molecule has 0 saturated heterocycles. The number of ether oxygens (including phenoxy) is 1. The van der Waals surface area contributed by atoms with Crippen LogP contribution >= 0.6 is 0 Å². The number of aromatic hydroxyl groups is 1. The monoisotopic (exact) mass is 166 g/mol. The molecular formula is C9H10O3. The van der Waals surface area contributed by atoms with Crippen molar-refractivity contribution in [2.24, 2.45) is 0 Å². The highest BCUT2D eigenvalue weighted by Gasteiger charge is 2.08. The van der Waals surface area contributed by atoms with E-state index in [1.807, 2.05) is 0 Å². The summed E-state index contributed by atoms with van der Waals surface area (Å²) in [5.41, 5.74) is 1.19. The lowest BCUT2D eigenvalue weighted by Gasteiger charge is -2.07. The number of benzene rings is 1. The fourth-order valence-corrected chi connectivity index (χ4v) is 1.08. The number of phenols is 1. The minimum absolute atomic E-state index is 0.0561. The third-order valence-corrected chi connectivity index (χ3v) is 1.76. The van der Waals surface area contributed by atoms with Crippen LogP contribution in [0.1, 0.15) is 15.9 Å². The lowest BCUT2D eigenvalue weighted by atomic mass is 10.1. The first-order valence-electron chi connectivity index (χ1n) is 3.52. The van der Waals surface area contributed by atoms with Crippen LogP contribution in [0.4, 0.5) is 0 Å². The summed E-state index contributed by atoms with van der Waals surface area (Å²) in [5, 5.41) is 9.27. The Labute approximate surface area is 70.6 Å². The maximum absolute atomic E-state index is 10.5. The van der Waals surface area contributed by atoms with Crippen LogP contribution in [0, 0.1) is 6.92 Å². The van der Waals surface area contributed by atoms with Crippen molar-refractivity contribution in [2.45, 2.75) is 6.92 Å². The fraction of sp³-hybridized carbons (Fsp3) is 0.222. The highest BCUT2D eigenvalue weighted by atomic mass is 16.5. The van der Waals surface area contributed by atoms with Gasteiger partial charge in [0.15, 0.2) is 11.5 Å². The van der Waals surface area contributed by atoms with Crippen LogP contribution in [0.15, 0.2) is 12.1 Å². The second-order valence-corrected chi connectivity index (χ2v) is 2.45. The zero-order chi connectivity index (χ0) is 9.14. The van der Waals surface area contributed by atoms with Crippen LogP contribution in [0.2, 0.25) is 0 Å². The van der Waals surface area contributed by atoms with Crippen molar-refractivity contribution in [1.29, 1.82) is 0 Å². The lowest BCUT2D eigenvalue weighted by molar-refractivity contribution is 0.112. The molecule has 1 aromatic rings. The van der Waals surface area contributed by atoms with Gasteiger partial charge in [-0.3, -0.25) is 4.79 Å². The SMILES string of the molecule is COc1c(O)ccc(C=O)c1C. The van der Waals surface area contributed by atoms with Crippen LogP contribution in [0.25, 0.3) is 0 Å². The molecule has 1 aromatic carbocycles. The Morgan fingerprint density at radius 2 is 2.17 bits per heavy atom. The Morgan fingerprint density at radius 1 is 1.50 bits per heavy atom. The number of hydrogen-bond donors (Lipinski definition) is 1. The average molecular weight is 166 g/mol. The van der Waals surface area contributed by atoms with E-state index in [0.29, 0.717) is 16.9 Å². The quantitative estimate of drug-likeness (QED) is 0.677. The number of carbonyl (C=O) groups excluding carboxylic acids is 1. The zero-order valence-electron chi connectivity index (χ0n) is 7.00. The van der Waals surface area contributed by atoms with E-state index in [9.17, 15) is 9.90 Å². The molecule has 0 bridgehead atoms. The van der Waals surface area contributed by atoms with Crippen LogP contribution < -0.4 is 4.74 Å². The third-order valence-electron chi connectivity index (χ3n) is 1.76. The molecule has 0 heterocycles. The maximum Gasteiger partial charge on any atom is 0.164 e. The van der Waals surface area contributed by atoms with E-state index in [4.69, 9.17) is 4.74 Å². The standard InChI is InChI=1S/C9H10O3/c1-6-7(5-10)3-4-8(11)9(6)12-2/h3-5,11H,1-2H3. The normalized spacial score (nSPS) is 9.50. The molecule has 0 fully saturated rings. The molecular weight excluding hydrogens is 156 g/mol. The third kappa shape index (κ3) is 1.25. The fourth-order valence-electron chi connectivity index (χ4n) is 1.08. The highest BCUT2D eigenvalue weighted by Crippen LogP contribution is 2.30. The van der Waals surface area contributed by atoms with E-state index in [-0.39, 0.29) is 5.75 Å². The van der Waals surface area contributed by atoms with Crippen molar-refractivity contribution in [3.05, 3.63) is 23.3 Å². The first kappa shape index (κ1) is 8.59. The van der Waals surface area contributed by atoms with Gasteiger partial charge in [-0.05, 0) is 19.1 Å². The number of carbonyl (C=O) groups is 1. The van der Waals surface area contributed by atoms with E-state index in [0.717, 1.165) is 6.29 Å². The van der Waals surface area contributed by atoms with E-state index < -0.39 is 0 Å². The Hall–Kier alpha value is -1.51. The summed E-state index contributed by atoms with van der Waals surface area (Å²) in [7, 11) is 1.45. The van der Waals surface area contributed by atoms with Crippen molar-refractivity contribution in [2.75, 3.05) is 7.11 Å². The minimum atomic E-state index is 0.0561. The van der Waals surface area contributed by atoms with E-state index in [1.54, 1.807) is 13.0 Å². The molecule has 0 atom stereocenters. The van der Waals surface area contributed by atoms with Crippen molar-refractivity contribution in [1.82, 2.24) is 0 Å². The molecule has 0 radical (unpaired) electrons. The molecule has 0 amide bonds. The van der Waals surface area contributed by atoms with Crippen molar-refractivity contribution < 1.29 is 14.6 Å². The molecule has 3 nitrogen and oxygen atoms in total. The Balaban J connectivity index is 3.33. The molecule has 0 saturated carbocycles. The summed E-state index contributed by atoms with van der Waals surface area (Å²) in [6.45, 7) is 1.72. The average Bonchev–Trinajstić information content (AvgIpc) is 2.06. The number of hydrogen-bond acceptors (Lipinski definition) is 3. The molecule has 0 spiro atoms. The first-order valence-corrected chi connectivity index (χ1v) is 3.52. The van der Waals surface area contributed by atoms with Crippen LogP contribution in [-0.4, -0.2) is 18.5 Å². The summed E-state index contributed by atoms with van der Waals surface area (Å²) >= 11 is 0. The van der Waals surface area contributed by atoms with Gasteiger partial charge in [-0.1, -0.05) is 0 Å². The van der Waals surface area contributed by atoms with E-state index in [1.165, 1.54) is 13.2 Å². The van der Waals surface area contributed by atoms with Gasteiger partial charge in [0.1, 0.15) is 6.29 Å². The molecule has 0 aliphatic carbocycles. The van der Waals surface area contributed by atoms with Gasteiger partial charge in [-0.2, -0.15) is 0 Å². The van der Waals surface area contributed by atoms with Crippen LogP contribution in [0.5, 0.6) is 11.5 Å². The molecule has 3 heteroatoms. The Bertz CT molecular complexity index is 305. The van der Waals surface area contributed by atoms with Gasteiger partial charge >= 0.3 is 0 Å². The molecule has 0 aromatic heterocycles. The summed E-state index contributed by atoms with van der Waals surface area (Å²) in [6, 6.07) is 3.00. The molecule has 0 aliphatic rings. The second kappa shape index (κ2) is 3.26. The summed E-state index contributed by atoms with van der Waals surface area (Å²) in [6.07, 6.45) is 0.733. The number of phenolic OH excluding ortho intramolecular Hbond substituents is 1. The number of rotatable bonds is 2. The summed E-state index contributed by atoms with van der Waals surface area (Å²) in [4.78, 5) is 10.5. The zero-order valence-corrected chi connectivity index (χ0v) is 7.00. The molecule has 0 aliphatic heterocycles. The number of methoxy groups -OCH3 is 1. The van der Waals surface area contributed by atoms with Gasteiger partial charge in [0.2, 0.25) is 0 Å². The van der Waals surface area contributed by atoms with Gasteiger partial charge in [-0.15, -0.1) is 0 Å². The first-order chi connectivity index (χ1) is 5.70. The molecule has 0 unspecified atom stereocenters. The lowest BCUT2D eigenvalue weighted by Crippen LogP contribution is -1.92. The van der Waals surface area contributed by atoms with Gasteiger partial charge in [0.05, 0.1) is 7.11 Å². The predicted molar refractivity (Wildman–Crippen MR) is 44.8 cm³/mol. The smallest absolute Gasteiger partial charge is 0.164 e. The van der Waals surface area contributed by atoms with Crippen molar-refractivity contribution in [3.8, 4) is 11.5 Å². The minimum Gasteiger partial charge on any atom is -0.504 e. The Kier molecular flexibility index (Phi) is 2.33. The van der Waals surface area contributed by atoms with Crippen molar-refractivity contribution in [3.63, 3.8) is 0 Å². The molecule has 12 heavy (non-hydrogen) atoms. The largest absolute Gasteiger partial charge is 0.504 e. The van der Waals surface area contributed by atoms with Crippen LogP contribution in [-0.2, 0) is 0 Å². The molecule has 1 N–H and O–H groups in total. The molecule has 1 rings (SSSR count). The highest BCUT2D eigenvalue weighted by molar-refractivity contribution is 5.79. The van der Waals surface area contributed by atoms with E-state index >= 15 is 0 Å². The second-order valence-electron chi connectivity index (χ2n) is 2.45. The van der Waals surface area contributed by atoms with E-state index in [2.05, 4.69) is 0 Å². The van der Waals surface area contributed by atoms with Gasteiger partial charge in [-0.25, -0.2) is 0 Å². The Morgan fingerprint density at radius 3 is 2.67 bits per heavy atom. The molecule has 64 valence electrons. The predicted octanol–water partition coefficient (Wildman–Crippen LogP) is 1.52. The van der Waals surface area contributed by atoms with Crippen LogP contribution in [0.3, 0.4) is 0 Å².